The first-order chi connectivity index (χ1) is 12.4. The lowest BCUT2D eigenvalue weighted by atomic mass is 10.1. The molecule has 3 aromatic rings. The zero-order valence-electron chi connectivity index (χ0n) is 14.2. The second-order valence-electron chi connectivity index (χ2n) is 5.84. The van der Waals surface area contributed by atoms with Gasteiger partial charge in [-0.25, -0.2) is 0 Å². The molecule has 0 spiro atoms. The van der Waals surface area contributed by atoms with Gasteiger partial charge in [0, 0.05) is 33.5 Å². The zero-order chi connectivity index (χ0) is 18.8. The molecule has 7 heteroatoms. The van der Waals surface area contributed by atoms with Gasteiger partial charge in [0.15, 0.2) is 0 Å². The van der Waals surface area contributed by atoms with Gasteiger partial charge >= 0.3 is 5.97 Å². The highest BCUT2D eigenvalue weighted by Gasteiger charge is 2.17. The molecule has 1 aromatic heterocycles. The molecule has 26 heavy (non-hydrogen) atoms. The van der Waals surface area contributed by atoms with E-state index in [1.165, 1.54) is 6.92 Å². The van der Waals surface area contributed by atoms with E-state index in [-0.39, 0.29) is 0 Å². The van der Waals surface area contributed by atoms with Crippen LogP contribution < -0.4 is 0 Å². The van der Waals surface area contributed by atoms with E-state index in [1.54, 1.807) is 35.0 Å². The maximum atomic E-state index is 11.2. The maximum absolute atomic E-state index is 11.2. The van der Waals surface area contributed by atoms with E-state index in [0.717, 1.165) is 22.2 Å². The molecule has 0 radical (unpaired) electrons. The van der Waals surface area contributed by atoms with Crippen LogP contribution in [-0.2, 0) is 16.1 Å². The van der Waals surface area contributed by atoms with Gasteiger partial charge in [0.1, 0.15) is 6.07 Å². The Bertz CT molecular complexity index is 1020. The second kappa shape index (κ2) is 7.36. The van der Waals surface area contributed by atoms with Crippen molar-refractivity contribution < 1.29 is 9.53 Å². The average Bonchev–Trinajstić information content (AvgIpc) is 2.91. The summed E-state index contributed by atoms with van der Waals surface area (Å²) < 4.78 is 6.85. The number of esters is 1. The van der Waals surface area contributed by atoms with Gasteiger partial charge in [-0.1, -0.05) is 41.4 Å². The van der Waals surface area contributed by atoms with Crippen LogP contribution in [-0.4, -0.2) is 15.7 Å². The van der Waals surface area contributed by atoms with Crippen molar-refractivity contribution >= 4 is 40.1 Å². The summed E-state index contributed by atoms with van der Waals surface area (Å²) in [7, 11) is 0. The molecular weight excluding hydrogens is 373 g/mol. The maximum Gasteiger partial charge on any atom is 0.304 e. The predicted molar refractivity (Wildman–Crippen MR) is 100 cm³/mol. The number of halogens is 2. The van der Waals surface area contributed by atoms with Crippen molar-refractivity contribution in [1.29, 1.82) is 5.26 Å². The minimum absolute atomic E-state index is 0.386. The third-order valence-corrected chi connectivity index (χ3v) is 4.74. The summed E-state index contributed by atoms with van der Waals surface area (Å²) >= 11 is 12.5. The fourth-order valence-corrected chi connectivity index (χ4v) is 3.33. The number of nitrogens with zero attached hydrogens (tertiary/aromatic N) is 3. The van der Waals surface area contributed by atoms with Gasteiger partial charge in [-0.15, -0.1) is 0 Å². The Kier molecular flexibility index (Phi) is 5.17. The highest BCUT2D eigenvalue weighted by atomic mass is 35.5. The first kappa shape index (κ1) is 18.2. The lowest BCUT2D eigenvalue weighted by molar-refractivity contribution is -0.144. The number of hydrogen-bond donors (Lipinski definition) is 0. The SMILES string of the molecule is CC(=O)OC(C#N)c1ccc2c(C)nn(Cc3c(Cl)cccc3Cl)c2c1. The standard InChI is InChI=1S/C19H15Cl2N3O2/c1-11-14-7-6-13(19(9-22)26-12(2)25)8-18(14)24(23-11)10-15-16(20)4-3-5-17(15)21/h3-8,19H,10H2,1-2H3. The Labute approximate surface area is 160 Å². The van der Waals surface area contributed by atoms with Crippen molar-refractivity contribution in [2.75, 3.05) is 0 Å². The molecule has 0 aliphatic heterocycles. The Morgan fingerprint density at radius 2 is 2.00 bits per heavy atom. The first-order valence-electron chi connectivity index (χ1n) is 7.87. The van der Waals surface area contributed by atoms with E-state index in [9.17, 15) is 10.1 Å². The molecule has 0 aliphatic rings. The number of fused-ring (bicyclic) bond motifs is 1. The molecule has 0 N–H and O–H groups in total. The summed E-state index contributed by atoms with van der Waals surface area (Å²) in [5, 5.41) is 15.9. The summed E-state index contributed by atoms with van der Waals surface area (Å²) in [5.74, 6) is -0.510. The van der Waals surface area contributed by atoms with Crippen molar-refractivity contribution in [2.24, 2.45) is 0 Å². The summed E-state index contributed by atoms with van der Waals surface area (Å²) in [6, 6.07) is 12.8. The Morgan fingerprint density at radius 1 is 1.31 bits per heavy atom. The van der Waals surface area contributed by atoms with Gasteiger partial charge in [0.25, 0.3) is 0 Å². The van der Waals surface area contributed by atoms with Crippen LogP contribution in [0.2, 0.25) is 10.0 Å². The number of hydrogen-bond acceptors (Lipinski definition) is 4. The normalized spacial score (nSPS) is 12.0. The van der Waals surface area contributed by atoms with Crippen LogP contribution in [0.5, 0.6) is 0 Å². The Balaban J connectivity index is 2.08. The lowest BCUT2D eigenvalue weighted by Crippen LogP contribution is -2.07. The minimum Gasteiger partial charge on any atom is -0.442 e. The molecule has 0 saturated carbocycles. The molecule has 0 amide bonds. The zero-order valence-corrected chi connectivity index (χ0v) is 15.7. The van der Waals surface area contributed by atoms with Gasteiger partial charge in [0.2, 0.25) is 6.10 Å². The van der Waals surface area contributed by atoms with Crippen LogP contribution >= 0.6 is 23.2 Å². The van der Waals surface area contributed by atoms with Crippen LogP contribution in [0.1, 0.15) is 29.8 Å². The Morgan fingerprint density at radius 3 is 2.62 bits per heavy atom. The van der Waals surface area contributed by atoms with Gasteiger partial charge in [-0.05, 0) is 25.1 Å². The van der Waals surface area contributed by atoms with E-state index in [4.69, 9.17) is 27.9 Å². The molecule has 5 nitrogen and oxygen atoms in total. The fourth-order valence-electron chi connectivity index (χ4n) is 2.81. The van der Waals surface area contributed by atoms with Crippen molar-refractivity contribution in [1.82, 2.24) is 9.78 Å². The van der Waals surface area contributed by atoms with E-state index in [1.807, 2.05) is 19.1 Å². The van der Waals surface area contributed by atoms with E-state index in [2.05, 4.69) is 5.10 Å². The Hall–Kier alpha value is -2.55. The van der Waals surface area contributed by atoms with E-state index in [0.29, 0.717) is 22.2 Å². The van der Waals surface area contributed by atoms with Crippen molar-refractivity contribution in [2.45, 2.75) is 26.5 Å². The molecule has 0 bridgehead atoms. The topological polar surface area (TPSA) is 67.9 Å². The summed E-state index contributed by atoms with van der Waals surface area (Å²) in [6.07, 6.45) is -0.968. The number of rotatable bonds is 4. The number of benzene rings is 2. The molecule has 132 valence electrons. The van der Waals surface area contributed by atoms with Crippen molar-refractivity contribution in [3.8, 4) is 6.07 Å². The third kappa shape index (κ3) is 3.52. The smallest absolute Gasteiger partial charge is 0.304 e. The van der Waals surface area contributed by atoms with Gasteiger partial charge < -0.3 is 4.74 Å². The number of carbonyl (C=O) groups is 1. The van der Waals surface area contributed by atoms with Gasteiger partial charge in [-0.2, -0.15) is 10.4 Å². The number of nitriles is 1. The molecular formula is C19H15Cl2N3O2. The van der Waals surface area contributed by atoms with E-state index >= 15 is 0 Å². The van der Waals surface area contributed by atoms with Crippen LogP contribution in [0.4, 0.5) is 0 Å². The molecule has 2 aromatic carbocycles. The molecule has 0 saturated heterocycles. The molecule has 1 atom stereocenters. The van der Waals surface area contributed by atoms with Crippen molar-refractivity contribution in [3.05, 3.63) is 63.3 Å². The summed E-state index contributed by atoms with van der Waals surface area (Å²) in [4.78, 5) is 11.2. The predicted octanol–water partition coefficient (Wildman–Crippen LogP) is 4.83. The summed E-state index contributed by atoms with van der Waals surface area (Å²) in [6.45, 7) is 3.56. The third-order valence-electron chi connectivity index (χ3n) is 4.03. The fraction of sp³-hybridized carbons (Fsp3) is 0.211. The highest BCUT2D eigenvalue weighted by Crippen LogP contribution is 2.29. The number of aromatic nitrogens is 2. The second-order valence-corrected chi connectivity index (χ2v) is 6.65. The first-order valence-corrected chi connectivity index (χ1v) is 8.63. The number of carbonyl (C=O) groups excluding carboxylic acids is 1. The molecule has 1 heterocycles. The quantitative estimate of drug-likeness (QED) is 0.601. The van der Waals surface area contributed by atoms with Crippen LogP contribution in [0.25, 0.3) is 10.9 Å². The van der Waals surface area contributed by atoms with Crippen molar-refractivity contribution in [3.63, 3.8) is 0 Å². The number of ether oxygens (including phenoxy) is 1. The molecule has 0 aliphatic carbocycles. The molecule has 3 rings (SSSR count). The minimum atomic E-state index is -0.968. The van der Waals surface area contributed by atoms with Crippen LogP contribution in [0, 0.1) is 18.3 Å². The van der Waals surface area contributed by atoms with Crippen LogP contribution in [0.15, 0.2) is 36.4 Å². The molecule has 0 fully saturated rings. The average molecular weight is 388 g/mol. The lowest BCUT2D eigenvalue weighted by Gasteiger charge is -2.11. The van der Waals surface area contributed by atoms with Crippen LogP contribution in [0.3, 0.4) is 0 Å². The monoisotopic (exact) mass is 387 g/mol. The van der Waals surface area contributed by atoms with Gasteiger partial charge in [0.05, 0.1) is 17.8 Å². The van der Waals surface area contributed by atoms with E-state index < -0.39 is 12.1 Å². The highest BCUT2D eigenvalue weighted by molar-refractivity contribution is 6.36. The number of aryl methyl sites for hydroxylation is 1. The molecule has 1 unspecified atom stereocenters. The van der Waals surface area contributed by atoms with Gasteiger partial charge in [-0.3, -0.25) is 9.48 Å². The summed E-state index contributed by atoms with van der Waals surface area (Å²) in [5.41, 5.74) is 3.00. The largest absolute Gasteiger partial charge is 0.442 e.